The fourth-order valence-electron chi connectivity index (χ4n) is 1.50. The van der Waals surface area contributed by atoms with Crippen LogP contribution in [-0.4, -0.2) is 23.5 Å². The van der Waals surface area contributed by atoms with Crippen LogP contribution in [0.5, 0.6) is 5.88 Å². The summed E-state index contributed by atoms with van der Waals surface area (Å²) in [5.74, 6) is 0.550. The van der Waals surface area contributed by atoms with E-state index in [-0.39, 0.29) is 11.9 Å². The summed E-state index contributed by atoms with van der Waals surface area (Å²) in [6.07, 6.45) is 3.73. The number of hydrogen-bond donors (Lipinski definition) is 2. The molecule has 1 atom stereocenters. The second-order valence-electron chi connectivity index (χ2n) is 4.24. The smallest absolute Gasteiger partial charge is 0.224 e. The zero-order valence-electron chi connectivity index (χ0n) is 11.0. The van der Waals surface area contributed by atoms with E-state index in [1.165, 1.54) is 0 Å². The number of anilines is 1. The lowest BCUT2D eigenvalue weighted by molar-refractivity contribution is -0.116. The number of rotatable bonds is 7. The number of pyridine rings is 1. The molecule has 0 aromatic carbocycles. The maximum absolute atomic E-state index is 11.6. The number of nitrogens with two attached hydrogens (primary N) is 1. The van der Waals surface area contributed by atoms with E-state index in [1.54, 1.807) is 18.3 Å². The van der Waals surface area contributed by atoms with Gasteiger partial charge in [0.1, 0.15) is 0 Å². The molecule has 0 saturated heterocycles. The number of ether oxygens (including phenoxy) is 1. The lowest BCUT2D eigenvalue weighted by Crippen LogP contribution is -2.16. The Hall–Kier alpha value is -1.62. The Balaban J connectivity index is 2.35. The minimum atomic E-state index is -0.0124. The van der Waals surface area contributed by atoms with Crippen molar-refractivity contribution in [2.75, 3.05) is 11.9 Å². The van der Waals surface area contributed by atoms with Crippen LogP contribution in [0.2, 0.25) is 0 Å². The first kappa shape index (κ1) is 14.4. The van der Waals surface area contributed by atoms with Crippen LogP contribution in [-0.2, 0) is 4.79 Å². The second-order valence-corrected chi connectivity index (χ2v) is 4.24. The average Bonchev–Trinajstić information content (AvgIpc) is 2.31. The van der Waals surface area contributed by atoms with Crippen LogP contribution in [0.25, 0.3) is 0 Å². The number of amides is 1. The Morgan fingerprint density at radius 3 is 2.89 bits per heavy atom. The Morgan fingerprint density at radius 1 is 1.56 bits per heavy atom. The highest BCUT2D eigenvalue weighted by atomic mass is 16.5. The molecule has 0 fully saturated rings. The summed E-state index contributed by atoms with van der Waals surface area (Å²) in [4.78, 5) is 15.7. The van der Waals surface area contributed by atoms with Crippen molar-refractivity contribution >= 4 is 11.6 Å². The summed E-state index contributed by atoms with van der Waals surface area (Å²) in [6.45, 7) is 4.42. The molecule has 1 aromatic rings. The number of hydrogen-bond acceptors (Lipinski definition) is 4. The third-order valence-corrected chi connectivity index (χ3v) is 2.38. The van der Waals surface area contributed by atoms with Crippen LogP contribution < -0.4 is 15.8 Å². The highest BCUT2D eigenvalue weighted by Gasteiger charge is 2.04. The number of carbonyl (C=O) groups is 1. The lowest BCUT2D eigenvalue weighted by atomic mass is 10.1. The first-order valence-corrected chi connectivity index (χ1v) is 6.26. The van der Waals surface area contributed by atoms with Crippen molar-refractivity contribution in [2.45, 2.75) is 39.2 Å². The first-order valence-electron chi connectivity index (χ1n) is 6.26. The molecule has 3 N–H and O–H groups in total. The van der Waals surface area contributed by atoms with Gasteiger partial charge in [0.2, 0.25) is 11.8 Å². The maximum atomic E-state index is 11.6. The molecule has 0 aliphatic carbocycles. The van der Waals surface area contributed by atoms with Gasteiger partial charge in [-0.05, 0) is 32.8 Å². The van der Waals surface area contributed by atoms with Gasteiger partial charge >= 0.3 is 0 Å². The predicted octanol–water partition coefficient (Wildman–Crippen LogP) is 1.94. The van der Waals surface area contributed by atoms with Gasteiger partial charge in [-0.3, -0.25) is 4.79 Å². The number of carbonyl (C=O) groups excluding carboxylic acids is 1. The summed E-state index contributed by atoms with van der Waals surface area (Å²) in [6, 6.07) is 3.66. The van der Waals surface area contributed by atoms with Gasteiger partial charge in [0.15, 0.2) is 0 Å². The highest BCUT2D eigenvalue weighted by Crippen LogP contribution is 2.12. The third-order valence-electron chi connectivity index (χ3n) is 2.38. The molecule has 1 unspecified atom stereocenters. The highest BCUT2D eigenvalue weighted by molar-refractivity contribution is 5.90. The molecule has 0 bridgehead atoms. The van der Waals surface area contributed by atoms with Gasteiger partial charge < -0.3 is 15.8 Å². The number of nitrogens with one attached hydrogen (secondary N) is 1. The molecule has 1 heterocycles. The van der Waals surface area contributed by atoms with Crippen LogP contribution in [0, 0.1) is 0 Å². The van der Waals surface area contributed by atoms with Crippen LogP contribution in [0.4, 0.5) is 5.69 Å². The summed E-state index contributed by atoms with van der Waals surface area (Å²) in [5, 5.41) is 2.79. The maximum Gasteiger partial charge on any atom is 0.224 e. The zero-order valence-corrected chi connectivity index (χ0v) is 11.0. The van der Waals surface area contributed by atoms with E-state index < -0.39 is 0 Å². The van der Waals surface area contributed by atoms with E-state index in [0.717, 1.165) is 12.8 Å². The minimum absolute atomic E-state index is 0.0124. The number of nitrogens with zero attached hydrogens (tertiary/aromatic N) is 1. The summed E-state index contributed by atoms with van der Waals surface area (Å²) >= 11 is 0. The summed E-state index contributed by atoms with van der Waals surface area (Å²) < 4.78 is 5.22. The molecule has 100 valence electrons. The van der Waals surface area contributed by atoms with E-state index in [0.29, 0.717) is 24.6 Å². The van der Waals surface area contributed by atoms with Gasteiger partial charge in [-0.15, -0.1) is 0 Å². The molecule has 5 heteroatoms. The quantitative estimate of drug-likeness (QED) is 0.776. The van der Waals surface area contributed by atoms with Gasteiger partial charge in [0.25, 0.3) is 0 Å². The summed E-state index contributed by atoms with van der Waals surface area (Å²) in [7, 11) is 0. The molecule has 1 amide bonds. The van der Waals surface area contributed by atoms with E-state index >= 15 is 0 Å². The van der Waals surface area contributed by atoms with E-state index in [9.17, 15) is 4.79 Å². The van der Waals surface area contributed by atoms with Gasteiger partial charge in [-0.1, -0.05) is 0 Å². The lowest BCUT2D eigenvalue weighted by Gasteiger charge is -2.07. The first-order chi connectivity index (χ1) is 8.61. The van der Waals surface area contributed by atoms with Gasteiger partial charge in [-0.25, -0.2) is 4.98 Å². The topological polar surface area (TPSA) is 77.2 Å². The predicted molar refractivity (Wildman–Crippen MR) is 71.5 cm³/mol. The van der Waals surface area contributed by atoms with Gasteiger partial charge in [0, 0.05) is 18.5 Å². The molecule has 0 aliphatic heterocycles. The van der Waals surface area contributed by atoms with Gasteiger partial charge in [-0.2, -0.15) is 0 Å². The van der Waals surface area contributed by atoms with E-state index in [1.807, 2.05) is 13.8 Å². The molecule has 0 radical (unpaired) electrons. The third kappa shape index (κ3) is 5.63. The van der Waals surface area contributed by atoms with Crippen molar-refractivity contribution in [3.63, 3.8) is 0 Å². The van der Waals surface area contributed by atoms with E-state index in [2.05, 4.69) is 10.3 Å². The van der Waals surface area contributed by atoms with Crippen LogP contribution in [0.15, 0.2) is 18.3 Å². The van der Waals surface area contributed by atoms with Crippen molar-refractivity contribution in [3.05, 3.63) is 18.3 Å². The Labute approximate surface area is 108 Å². The average molecular weight is 251 g/mol. The standard InChI is InChI=1S/C13H21N3O2/c1-3-18-13-8-7-11(9-15-13)16-12(17)6-4-5-10(2)14/h7-10H,3-6,14H2,1-2H3,(H,16,17). The van der Waals surface area contributed by atoms with Crippen LogP contribution >= 0.6 is 0 Å². The summed E-state index contributed by atoms with van der Waals surface area (Å²) in [5.41, 5.74) is 6.31. The largest absolute Gasteiger partial charge is 0.478 e. The van der Waals surface area contributed by atoms with Crippen LogP contribution in [0.1, 0.15) is 33.1 Å². The van der Waals surface area contributed by atoms with Gasteiger partial charge in [0.05, 0.1) is 18.5 Å². The molecule has 0 spiro atoms. The van der Waals surface area contributed by atoms with Crippen molar-refractivity contribution in [1.82, 2.24) is 4.98 Å². The molecule has 5 nitrogen and oxygen atoms in total. The Morgan fingerprint density at radius 2 is 2.33 bits per heavy atom. The van der Waals surface area contributed by atoms with Crippen molar-refractivity contribution in [3.8, 4) is 5.88 Å². The Kier molecular flexibility index (Phi) is 6.14. The molecule has 1 aromatic heterocycles. The molecule has 18 heavy (non-hydrogen) atoms. The van der Waals surface area contributed by atoms with Crippen molar-refractivity contribution in [2.24, 2.45) is 5.73 Å². The fourth-order valence-corrected chi connectivity index (χ4v) is 1.50. The molecular formula is C13H21N3O2. The molecule has 0 saturated carbocycles. The number of aromatic nitrogens is 1. The molecule has 1 rings (SSSR count). The second kappa shape index (κ2) is 7.66. The van der Waals surface area contributed by atoms with Crippen molar-refractivity contribution in [1.29, 1.82) is 0 Å². The zero-order chi connectivity index (χ0) is 13.4. The molecule has 0 aliphatic rings. The normalized spacial score (nSPS) is 11.9. The van der Waals surface area contributed by atoms with Crippen LogP contribution in [0.3, 0.4) is 0 Å². The molecular weight excluding hydrogens is 230 g/mol. The monoisotopic (exact) mass is 251 g/mol. The fraction of sp³-hybridized carbons (Fsp3) is 0.538. The minimum Gasteiger partial charge on any atom is -0.478 e. The Bertz CT molecular complexity index is 363. The van der Waals surface area contributed by atoms with Crippen molar-refractivity contribution < 1.29 is 9.53 Å². The van der Waals surface area contributed by atoms with E-state index in [4.69, 9.17) is 10.5 Å². The SMILES string of the molecule is CCOc1ccc(NC(=O)CCCC(C)N)cn1.